The van der Waals surface area contributed by atoms with Crippen LogP contribution in [0.5, 0.6) is 0 Å². The maximum absolute atomic E-state index is 12.7. The molecule has 0 saturated carbocycles. The largest absolute Gasteiger partial charge is 0.338 e. The van der Waals surface area contributed by atoms with Crippen molar-refractivity contribution in [2.24, 2.45) is 0 Å². The van der Waals surface area contributed by atoms with Gasteiger partial charge in [-0.3, -0.25) is 9.48 Å². The first kappa shape index (κ1) is 16.2. The van der Waals surface area contributed by atoms with Crippen LogP contribution in [0, 0.1) is 13.8 Å². The fraction of sp³-hybridized carbons (Fsp3) is 0.588. The van der Waals surface area contributed by atoms with Crippen molar-refractivity contribution in [1.29, 1.82) is 0 Å². The Balaban J connectivity index is 1.63. The second-order valence-corrected chi connectivity index (χ2v) is 7.25. The normalized spacial score (nSPS) is 18.3. The highest BCUT2D eigenvalue weighted by Gasteiger charge is 2.27. The number of hydrogen-bond donors (Lipinski definition) is 0. The lowest BCUT2D eigenvalue weighted by molar-refractivity contribution is -0.135. The lowest BCUT2D eigenvalue weighted by atomic mass is 10.0. The molecule has 1 atom stereocenters. The average molecular weight is 332 g/mol. The lowest BCUT2D eigenvalue weighted by Crippen LogP contribution is -2.46. The van der Waals surface area contributed by atoms with E-state index in [0.717, 1.165) is 43.1 Å². The van der Waals surface area contributed by atoms with E-state index in [0.29, 0.717) is 6.42 Å². The first-order valence-corrected chi connectivity index (χ1v) is 9.20. The molecule has 1 saturated heterocycles. The van der Waals surface area contributed by atoms with Gasteiger partial charge in [0.25, 0.3) is 0 Å². The van der Waals surface area contributed by atoms with Crippen LogP contribution in [0.15, 0.2) is 17.6 Å². The molecule has 124 valence electrons. The SMILES string of the molecule is Cc1cc(C)n(C[C@H]2CCCCN2C(=O)CCc2nccs2)n1. The summed E-state index contributed by atoms with van der Waals surface area (Å²) < 4.78 is 2.05. The van der Waals surface area contributed by atoms with Crippen LogP contribution in [0.3, 0.4) is 0 Å². The zero-order valence-electron chi connectivity index (χ0n) is 13.9. The summed E-state index contributed by atoms with van der Waals surface area (Å²) >= 11 is 1.62. The van der Waals surface area contributed by atoms with E-state index in [9.17, 15) is 4.79 Å². The number of thiazole rings is 1. The van der Waals surface area contributed by atoms with Crippen molar-refractivity contribution >= 4 is 17.2 Å². The standard InChI is InChI=1S/C17H24N4OS/c1-13-11-14(2)21(19-13)12-15-5-3-4-9-20(15)17(22)7-6-16-18-8-10-23-16/h8,10-11,15H,3-7,9,12H2,1-2H3/t15-/m1/s1. The van der Waals surface area contributed by atoms with Crippen molar-refractivity contribution in [1.82, 2.24) is 19.7 Å². The van der Waals surface area contributed by atoms with Crippen molar-refractivity contribution in [2.75, 3.05) is 6.54 Å². The molecule has 1 aliphatic rings. The van der Waals surface area contributed by atoms with Crippen LogP contribution in [-0.2, 0) is 17.8 Å². The molecule has 0 unspecified atom stereocenters. The summed E-state index contributed by atoms with van der Waals surface area (Å²) in [5.41, 5.74) is 2.21. The van der Waals surface area contributed by atoms with Gasteiger partial charge in [0.1, 0.15) is 0 Å². The molecule has 0 aliphatic carbocycles. The highest BCUT2D eigenvalue weighted by molar-refractivity contribution is 7.09. The minimum absolute atomic E-state index is 0.256. The Hall–Kier alpha value is -1.69. The summed E-state index contributed by atoms with van der Waals surface area (Å²) in [6.07, 6.45) is 6.48. The predicted molar refractivity (Wildman–Crippen MR) is 91.5 cm³/mol. The van der Waals surface area contributed by atoms with E-state index >= 15 is 0 Å². The molecule has 2 aromatic rings. The number of aromatic nitrogens is 3. The maximum atomic E-state index is 12.7. The Morgan fingerprint density at radius 3 is 2.96 bits per heavy atom. The van der Waals surface area contributed by atoms with E-state index < -0.39 is 0 Å². The Morgan fingerprint density at radius 2 is 2.26 bits per heavy atom. The quantitative estimate of drug-likeness (QED) is 0.846. The molecule has 0 spiro atoms. The van der Waals surface area contributed by atoms with E-state index in [2.05, 4.69) is 28.0 Å². The lowest BCUT2D eigenvalue weighted by Gasteiger charge is -2.36. The van der Waals surface area contributed by atoms with Gasteiger partial charge in [-0.15, -0.1) is 11.3 Å². The van der Waals surface area contributed by atoms with E-state index in [1.807, 2.05) is 17.0 Å². The third-order valence-electron chi connectivity index (χ3n) is 4.47. The Bertz CT molecular complexity index is 650. The van der Waals surface area contributed by atoms with Gasteiger partial charge in [-0.2, -0.15) is 5.10 Å². The van der Waals surface area contributed by atoms with Crippen LogP contribution in [0.4, 0.5) is 0 Å². The van der Waals surface area contributed by atoms with Crippen molar-refractivity contribution in [3.05, 3.63) is 34.0 Å². The predicted octanol–water partition coefficient (Wildman–Crippen LogP) is 2.97. The van der Waals surface area contributed by atoms with Crippen LogP contribution in [0.2, 0.25) is 0 Å². The van der Waals surface area contributed by atoms with Gasteiger partial charge < -0.3 is 4.90 Å². The minimum atomic E-state index is 0.256. The molecule has 2 aromatic heterocycles. The Kier molecular flexibility index (Phi) is 5.10. The van der Waals surface area contributed by atoms with Crippen molar-refractivity contribution in [3.63, 3.8) is 0 Å². The molecule has 0 bridgehead atoms. The van der Waals surface area contributed by atoms with E-state index in [4.69, 9.17) is 0 Å². The van der Waals surface area contributed by atoms with Crippen LogP contribution < -0.4 is 0 Å². The summed E-state index contributed by atoms with van der Waals surface area (Å²) in [6.45, 7) is 5.78. The second kappa shape index (κ2) is 7.25. The smallest absolute Gasteiger partial charge is 0.223 e. The minimum Gasteiger partial charge on any atom is -0.338 e. The van der Waals surface area contributed by atoms with Gasteiger partial charge in [0, 0.05) is 36.7 Å². The summed E-state index contributed by atoms with van der Waals surface area (Å²) in [7, 11) is 0. The molecule has 5 nitrogen and oxygen atoms in total. The number of carbonyl (C=O) groups is 1. The number of carbonyl (C=O) groups excluding carboxylic acids is 1. The molecule has 0 radical (unpaired) electrons. The second-order valence-electron chi connectivity index (χ2n) is 6.27. The van der Waals surface area contributed by atoms with Gasteiger partial charge in [-0.1, -0.05) is 0 Å². The highest BCUT2D eigenvalue weighted by Crippen LogP contribution is 2.21. The zero-order valence-corrected chi connectivity index (χ0v) is 14.7. The van der Waals surface area contributed by atoms with Gasteiger partial charge in [-0.05, 0) is 39.2 Å². The van der Waals surface area contributed by atoms with Crippen LogP contribution >= 0.6 is 11.3 Å². The van der Waals surface area contributed by atoms with E-state index in [1.54, 1.807) is 17.5 Å². The first-order chi connectivity index (χ1) is 11.1. The Morgan fingerprint density at radius 1 is 1.39 bits per heavy atom. The van der Waals surface area contributed by atoms with Gasteiger partial charge in [-0.25, -0.2) is 4.98 Å². The Labute approximate surface area is 141 Å². The molecular weight excluding hydrogens is 308 g/mol. The number of nitrogens with zero attached hydrogens (tertiary/aromatic N) is 4. The third-order valence-corrected chi connectivity index (χ3v) is 5.31. The molecule has 3 heterocycles. The number of hydrogen-bond acceptors (Lipinski definition) is 4. The van der Waals surface area contributed by atoms with Crippen LogP contribution in [0.1, 0.15) is 42.1 Å². The molecular formula is C17H24N4OS. The summed E-state index contributed by atoms with van der Waals surface area (Å²) in [4.78, 5) is 19.0. The van der Waals surface area contributed by atoms with E-state index in [1.165, 1.54) is 12.1 Å². The number of aryl methyl sites for hydroxylation is 3. The van der Waals surface area contributed by atoms with Crippen molar-refractivity contribution in [3.8, 4) is 0 Å². The first-order valence-electron chi connectivity index (χ1n) is 8.32. The summed E-state index contributed by atoms with van der Waals surface area (Å²) in [5.74, 6) is 0.256. The summed E-state index contributed by atoms with van der Waals surface area (Å²) in [5, 5.41) is 7.57. The van der Waals surface area contributed by atoms with E-state index in [-0.39, 0.29) is 11.9 Å². The molecule has 6 heteroatoms. The average Bonchev–Trinajstić information content (AvgIpc) is 3.15. The maximum Gasteiger partial charge on any atom is 0.223 e. The van der Waals surface area contributed by atoms with Crippen molar-refractivity contribution < 1.29 is 4.79 Å². The fourth-order valence-corrected chi connectivity index (χ4v) is 3.93. The molecule has 0 aromatic carbocycles. The number of amides is 1. The number of piperidine rings is 1. The molecule has 1 amide bonds. The molecule has 1 aliphatic heterocycles. The summed E-state index contributed by atoms with van der Waals surface area (Å²) in [6, 6.07) is 2.36. The fourth-order valence-electron chi connectivity index (χ4n) is 3.31. The highest BCUT2D eigenvalue weighted by atomic mass is 32.1. The third kappa shape index (κ3) is 3.99. The molecule has 3 rings (SSSR count). The number of likely N-dealkylation sites (tertiary alicyclic amines) is 1. The van der Waals surface area contributed by atoms with Gasteiger partial charge in [0.2, 0.25) is 5.91 Å². The molecule has 1 fully saturated rings. The van der Waals surface area contributed by atoms with Crippen molar-refractivity contribution in [2.45, 2.75) is 58.5 Å². The van der Waals surface area contributed by atoms with Gasteiger partial charge >= 0.3 is 0 Å². The monoisotopic (exact) mass is 332 g/mol. The van der Waals surface area contributed by atoms with Crippen LogP contribution in [0.25, 0.3) is 0 Å². The van der Waals surface area contributed by atoms with Gasteiger partial charge in [0.15, 0.2) is 0 Å². The van der Waals surface area contributed by atoms with Gasteiger partial charge in [0.05, 0.1) is 23.3 Å². The molecule has 23 heavy (non-hydrogen) atoms. The van der Waals surface area contributed by atoms with Crippen LogP contribution in [-0.4, -0.2) is 38.2 Å². The topological polar surface area (TPSA) is 51.0 Å². The molecule has 0 N–H and O–H groups in total. The zero-order chi connectivity index (χ0) is 16.2. The number of rotatable bonds is 5.